The fourth-order valence-electron chi connectivity index (χ4n) is 4.92. The number of halogens is 2. The minimum absolute atomic E-state index is 0.0582. The Morgan fingerprint density at radius 3 is 2.29 bits per heavy atom. The predicted octanol–water partition coefficient (Wildman–Crippen LogP) is 5.43. The molecule has 2 saturated carbocycles. The Balaban J connectivity index is 1.44. The van der Waals surface area contributed by atoms with E-state index in [2.05, 4.69) is 0 Å². The van der Waals surface area contributed by atoms with E-state index in [-0.39, 0.29) is 36.0 Å². The number of nitrogens with zero attached hydrogens (tertiary/aromatic N) is 2. The topological polar surface area (TPSA) is 59.0 Å². The number of hydrogen-bond donors (Lipinski definition) is 0. The van der Waals surface area contributed by atoms with E-state index in [1.165, 1.54) is 29.3 Å². The van der Waals surface area contributed by atoms with Gasteiger partial charge in [-0.3, -0.25) is 9.59 Å². The molecule has 2 fully saturated rings. The van der Waals surface area contributed by atoms with Gasteiger partial charge in [0.05, 0.1) is 17.7 Å². The molecule has 0 saturated heterocycles. The second kappa shape index (κ2) is 9.49. The number of benzene rings is 2. The maximum atomic E-state index is 13.6. The Labute approximate surface area is 197 Å². The van der Waals surface area contributed by atoms with Gasteiger partial charge in [-0.05, 0) is 79.1 Å². The van der Waals surface area contributed by atoms with Crippen LogP contribution in [0.5, 0.6) is 0 Å². The van der Waals surface area contributed by atoms with Crippen LogP contribution in [-0.4, -0.2) is 29.2 Å². The Bertz CT molecular complexity index is 1140. The lowest BCUT2D eigenvalue weighted by Crippen LogP contribution is -2.35. The van der Waals surface area contributed by atoms with Gasteiger partial charge in [0.25, 0.3) is 5.91 Å². The zero-order chi connectivity index (χ0) is 23.7. The summed E-state index contributed by atoms with van der Waals surface area (Å²) in [5.41, 5.74) is 3.45. The first-order valence-corrected chi connectivity index (χ1v) is 11.8. The van der Waals surface area contributed by atoms with Gasteiger partial charge in [-0.25, -0.2) is 13.8 Å². The Morgan fingerprint density at radius 2 is 1.65 bits per heavy atom. The number of carbonyl (C=O) groups is 2. The van der Waals surface area contributed by atoms with Gasteiger partial charge in [0.2, 0.25) is 0 Å². The summed E-state index contributed by atoms with van der Waals surface area (Å²) < 4.78 is 32.3. The number of allylic oxidation sites excluding steroid dienone is 1. The van der Waals surface area contributed by atoms with E-state index in [1.807, 2.05) is 6.08 Å². The van der Waals surface area contributed by atoms with Crippen LogP contribution in [0.4, 0.5) is 8.78 Å². The molecular formula is C27H26F2N2O3. The zero-order valence-electron chi connectivity index (χ0n) is 18.8. The summed E-state index contributed by atoms with van der Waals surface area (Å²) in [6.07, 6.45) is 7.12. The van der Waals surface area contributed by atoms with Gasteiger partial charge in [-0.15, -0.1) is 0 Å². The lowest BCUT2D eigenvalue weighted by Gasteiger charge is -2.30. The third-order valence-corrected chi connectivity index (χ3v) is 6.96. The minimum atomic E-state index is -0.401. The van der Waals surface area contributed by atoms with E-state index in [0.29, 0.717) is 0 Å². The summed E-state index contributed by atoms with van der Waals surface area (Å²) in [6.45, 7) is -0.368. The van der Waals surface area contributed by atoms with Crippen molar-refractivity contribution >= 4 is 23.7 Å². The molecule has 1 heterocycles. The molecule has 0 spiro atoms. The van der Waals surface area contributed by atoms with Crippen molar-refractivity contribution in [2.24, 2.45) is 16.9 Å². The number of carbonyl (C=O) groups excluding carboxylic acids is 2. The Morgan fingerprint density at radius 1 is 0.971 bits per heavy atom. The fraction of sp³-hybridized carbons (Fsp3) is 0.370. The Kier molecular flexibility index (Phi) is 6.26. The van der Waals surface area contributed by atoms with E-state index in [0.717, 1.165) is 60.9 Å². The molecule has 7 heteroatoms. The first kappa shape index (κ1) is 22.4. The van der Waals surface area contributed by atoms with E-state index in [1.54, 1.807) is 24.3 Å². The van der Waals surface area contributed by atoms with Crippen LogP contribution < -0.4 is 0 Å². The molecule has 2 unspecified atom stereocenters. The molecule has 0 aromatic heterocycles. The molecule has 2 aromatic rings. The number of esters is 1. The molecule has 0 radical (unpaired) electrons. The van der Waals surface area contributed by atoms with Crippen molar-refractivity contribution in [3.8, 4) is 0 Å². The SMILES string of the molecule is O=C(OCC(=O)N1N=C2C(=Cc3ccc(F)cc3)CCCC2C1c1ccc(F)cc1)C1CCC1. The summed E-state index contributed by atoms with van der Waals surface area (Å²) in [5, 5.41) is 6.12. The highest BCUT2D eigenvalue weighted by Crippen LogP contribution is 2.44. The maximum Gasteiger partial charge on any atom is 0.309 e. The quantitative estimate of drug-likeness (QED) is 0.555. The van der Waals surface area contributed by atoms with Gasteiger partial charge >= 0.3 is 5.97 Å². The summed E-state index contributed by atoms with van der Waals surface area (Å²) in [7, 11) is 0. The molecule has 0 bridgehead atoms. The van der Waals surface area contributed by atoms with E-state index < -0.39 is 11.9 Å². The number of rotatable bonds is 5. The number of hydrazone groups is 1. The molecule has 3 aliphatic rings. The minimum Gasteiger partial charge on any atom is -0.455 e. The summed E-state index contributed by atoms with van der Waals surface area (Å²) in [4.78, 5) is 25.3. The molecule has 2 aliphatic carbocycles. The predicted molar refractivity (Wildman–Crippen MR) is 123 cm³/mol. The third-order valence-electron chi connectivity index (χ3n) is 6.96. The largest absolute Gasteiger partial charge is 0.455 e. The van der Waals surface area contributed by atoms with E-state index >= 15 is 0 Å². The molecule has 5 rings (SSSR count). The lowest BCUT2D eigenvalue weighted by atomic mass is 9.77. The van der Waals surface area contributed by atoms with Gasteiger partial charge in [-0.2, -0.15) is 5.10 Å². The average molecular weight is 465 g/mol. The molecule has 0 N–H and O–H groups in total. The van der Waals surface area contributed by atoms with Gasteiger partial charge in [0, 0.05) is 5.92 Å². The molecule has 5 nitrogen and oxygen atoms in total. The van der Waals surface area contributed by atoms with E-state index in [9.17, 15) is 18.4 Å². The van der Waals surface area contributed by atoms with Gasteiger partial charge in [0.1, 0.15) is 11.6 Å². The highest BCUT2D eigenvalue weighted by atomic mass is 19.1. The first-order valence-electron chi connectivity index (χ1n) is 11.8. The highest BCUT2D eigenvalue weighted by molar-refractivity contribution is 6.08. The van der Waals surface area contributed by atoms with Gasteiger partial charge < -0.3 is 4.74 Å². The van der Waals surface area contributed by atoms with Crippen LogP contribution in [0.25, 0.3) is 6.08 Å². The van der Waals surface area contributed by atoms with Gasteiger partial charge in [0.15, 0.2) is 6.61 Å². The molecule has 2 atom stereocenters. The average Bonchev–Trinajstić information content (AvgIpc) is 3.19. The standard InChI is InChI=1S/C27H26F2N2O3/c28-21-11-7-17(8-12-21)15-20-5-2-6-23-25(20)30-31(26(23)18-9-13-22(29)14-10-18)24(32)16-34-27(33)19-3-1-4-19/h7-15,19,23,26H,1-6,16H2. The second-order valence-corrected chi connectivity index (χ2v) is 9.18. The fourth-order valence-corrected chi connectivity index (χ4v) is 4.92. The molecule has 1 amide bonds. The number of hydrogen-bond acceptors (Lipinski definition) is 4. The number of amides is 1. The van der Waals surface area contributed by atoms with Crippen LogP contribution in [0.15, 0.2) is 59.2 Å². The van der Waals surface area contributed by atoms with Crippen molar-refractivity contribution in [1.82, 2.24) is 5.01 Å². The molecule has 176 valence electrons. The van der Waals surface area contributed by atoms with Crippen molar-refractivity contribution in [3.63, 3.8) is 0 Å². The van der Waals surface area contributed by atoms with Crippen LogP contribution in [0, 0.1) is 23.5 Å². The van der Waals surface area contributed by atoms with Crippen LogP contribution in [-0.2, 0) is 14.3 Å². The molecule has 34 heavy (non-hydrogen) atoms. The van der Waals surface area contributed by atoms with Crippen molar-refractivity contribution in [2.75, 3.05) is 6.61 Å². The van der Waals surface area contributed by atoms with Crippen molar-refractivity contribution in [3.05, 3.63) is 76.9 Å². The maximum absolute atomic E-state index is 13.6. The van der Waals surface area contributed by atoms with Crippen LogP contribution in [0.2, 0.25) is 0 Å². The van der Waals surface area contributed by atoms with E-state index in [4.69, 9.17) is 9.84 Å². The normalized spacial score (nSPS) is 23.3. The Hall–Kier alpha value is -3.35. The highest BCUT2D eigenvalue weighted by Gasteiger charge is 2.44. The molecular weight excluding hydrogens is 438 g/mol. The number of ether oxygens (including phenoxy) is 1. The molecule has 2 aromatic carbocycles. The van der Waals surface area contributed by atoms with Crippen LogP contribution in [0.3, 0.4) is 0 Å². The van der Waals surface area contributed by atoms with Crippen molar-refractivity contribution in [1.29, 1.82) is 0 Å². The first-order chi connectivity index (χ1) is 16.5. The number of fused-ring (bicyclic) bond motifs is 1. The van der Waals surface area contributed by atoms with Crippen LogP contribution >= 0.6 is 0 Å². The summed E-state index contributed by atoms with van der Waals surface area (Å²) in [6, 6.07) is 12.0. The summed E-state index contributed by atoms with van der Waals surface area (Å²) >= 11 is 0. The smallest absolute Gasteiger partial charge is 0.309 e. The monoisotopic (exact) mass is 464 g/mol. The van der Waals surface area contributed by atoms with Crippen molar-refractivity contribution < 1.29 is 23.1 Å². The second-order valence-electron chi connectivity index (χ2n) is 9.18. The lowest BCUT2D eigenvalue weighted by molar-refractivity contribution is -0.158. The third kappa shape index (κ3) is 4.52. The van der Waals surface area contributed by atoms with Crippen LogP contribution in [0.1, 0.15) is 55.7 Å². The summed E-state index contributed by atoms with van der Waals surface area (Å²) in [5.74, 6) is -1.55. The molecule has 1 aliphatic heterocycles. The zero-order valence-corrected chi connectivity index (χ0v) is 18.8. The van der Waals surface area contributed by atoms with Gasteiger partial charge in [-0.1, -0.05) is 30.7 Å². The van der Waals surface area contributed by atoms with Crippen molar-refractivity contribution in [2.45, 2.75) is 44.6 Å².